The van der Waals surface area contributed by atoms with Gasteiger partial charge in [0.05, 0.1) is 4.92 Å². The molecule has 0 fully saturated rings. The molecule has 18 heavy (non-hydrogen) atoms. The molecule has 6 nitrogen and oxygen atoms in total. The number of rotatable bonds is 6. The van der Waals surface area contributed by atoms with Crippen molar-refractivity contribution in [2.75, 3.05) is 17.3 Å². The van der Waals surface area contributed by atoms with Crippen LogP contribution in [0.5, 0.6) is 0 Å². The zero-order valence-corrected chi connectivity index (χ0v) is 12.0. The van der Waals surface area contributed by atoms with E-state index >= 15 is 0 Å². The van der Waals surface area contributed by atoms with Crippen molar-refractivity contribution >= 4 is 34.9 Å². The molecule has 0 amide bonds. The molecule has 0 aliphatic rings. The third-order valence-corrected chi connectivity index (χ3v) is 3.32. The highest BCUT2D eigenvalue weighted by Gasteiger charge is 2.23. The summed E-state index contributed by atoms with van der Waals surface area (Å²) in [5.41, 5.74) is 0.153. The number of anilines is 1. The van der Waals surface area contributed by atoms with E-state index in [1.165, 1.54) is 0 Å². The lowest BCUT2D eigenvalue weighted by atomic mass is 10.2. The molecule has 0 bridgehead atoms. The van der Waals surface area contributed by atoms with E-state index in [1.54, 1.807) is 18.7 Å². The first-order valence-electron chi connectivity index (χ1n) is 5.43. The molecule has 0 aliphatic carbocycles. The van der Waals surface area contributed by atoms with Gasteiger partial charge < -0.3 is 5.32 Å². The van der Waals surface area contributed by atoms with Crippen molar-refractivity contribution in [1.29, 1.82) is 0 Å². The van der Waals surface area contributed by atoms with Gasteiger partial charge >= 0.3 is 5.69 Å². The molecular weight excluding hydrogens is 276 g/mol. The van der Waals surface area contributed by atoms with Crippen LogP contribution in [0, 0.1) is 17.0 Å². The summed E-state index contributed by atoms with van der Waals surface area (Å²) < 4.78 is 0. The Morgan fingerprint density at radius 1 is 1.56 bits per heavy atom. The minimum absolute atomic E-state index is 0.0135. The summed E-state index contributed by atoms with van der Waals surface area (Å²) in [6.07, 6.45) is 2.83. The summed E-state index contributed by atoms with van der Waals surface area (Å²) >= 11 is 7.41. The van der Waals surface area contributed by atoms with Gasteiger partial charge in [0.15, 0.2) is 0 Å². The van der Waals surface area contributed by atoms with Crippen LogP contribution in [0.15, 0.2) is 0 Å². The van der Waals surface area contributed by atoms with Crippen molar-refractivity contribution in [2.24, 2.45) is 0 Å². The summed E-state index contributed by atoms with van der Waals surface area (Å²) in [4.78, 5) is 18.3. The maximum Gasteiger partial charge on any atom is 0.332 e. The monoisotopic (exact) mass is 290 g/mol. The molecule has 0 aromatic carbocycles. The first-order valence-corrected chi connectivity index (χ1v) is 7.20. The predicted molar refractivity (Wildman–Crippen MR) is 74.5 cm³/mol. The van der Waals surface area contributed by atoms with Crippen LogP contribution < -0.4 is 5.32 Å². The van der Waals surface area contributed by atoms with Crippen LogP contribution in [0.3, 0.4) is 0 Å². The second kappa shape index (κ2) is 6.75. The number of hydrogen-bond acceptors (Lipinski definition) is 6. The van der Waals surface area contributed by atoms with Crippen molar-refractivity contribution in [3.8, 4) is 0 Å². The molecule has 0 aliphatic heterocycles. The molecular formula is C10H15ClN4O2S. The van der Waals surface area contributed by atoms with Crippen LogP contribution in [0.25, 0.3) is 0 Å². The lowest BCUT2D eigenvalue weighted by molar-refractivity contribution is -0.385. The molecule has 1 atom stereocenters. The third-order valence-electron chi connectivity index (χ3n) is 2.42. The van der Waals surface area contributed by atoms with Crippen molar-refractivity contribution in [3.63, 3.8) is 0 Å². The van der Waals surface area contributed by atoms with Crippen LogP contribution in [0.2, 0.25) is 5.28 Å². The van der Waals surface area contributed by atoms with Gasteiger partial charge in [-0.2, -0.15) is 16.7 Å². The zero-order valence-electron chi connectivity index (χ0n) is 10.4. The van der Waals surface area contributed by atoms with E-state index in [0.717, 1.165) is 12.2 Å². The number of halogens is 1. The summed E-state index contributed by atoms with van der Waals surface area (Å²) in [7, 11) is 0. The number of nitrogens with one attached hydrogen (secondary N) is 1. The molecule has 0 saturated carbocycles. The Kier molecular flexibility index (Phi) is 5.61. The van der Waals surface area contributed by atoms with Crippen LogP contribution in [0.4, 0.5) is 11.5 Å². The van der Waals surface area contributed by atoms with E-state index in [1.807, 2.05) is 13.2 Å². The average molecular weight is 291 g/mol. The number of nitrogens with zero attached hydrogens (tertiary/aromatic N) is 3. The van der Waals surface area contributed by atoms with E-state index < -0.39 is 4.92 Å². The van der Waals surface area contributed by atoms with Gasteiger partial charge in [-0.15, -0.1) is 0 Å². The number of nitro groups is 1. The van der Waals surface area contributed by atoms with E-state index in [2.05, 4.69) is 15.3 Å². The Bertz CT molecular complexity index is 444. The second-order valence-corrected chi connectivity index (χ2v) is 4.99. The summed E-state index contributed by atoms with van der Waals surface area (Å²) in [6.45, 7) is 3.56. The largest absolute Gasteiger partial charge is 0.361 e. The van der Waals surface area contributed by atoms with Crippen molar-refractivity contribution in [3.05, 3.63) is 21.1 Å². The molecule has 1 heterocycles. The van der Waals surface area contributed by atoms with Crippen LogP contribution >= 0.6 is 23.4 Å². The SMILES string of the molecule is CCC(CSC)Nc1nc(Cl)nc(C)c1[N+](=O)[O-]. The number of hydrogen-bond donors (Lipinski definition) is 1. The molecule has 0 saturated heterocycles. The fourth-order valence-electron chi connectivity index (χ4n) is 1.51. The number of aromatic nitrogens is 2. The molecule has 8 heteroatoms. The Hall–Kier alpha value is -1.08. The first kappa shape index (κ1) is 15.0. The van der Waals surface area contributed by atoms with Gasteiger partial charge in [0.2, 0.25) is 11.1 Å². The average Bonchev–Trinajstić information content (AvgIpc) is 2.26. The van der Waals surface area contributed by atoms with Crippen molar-refractivity contribution < 1.29 is 4.92 Å². The smallest absolute Gasteiger partial charge is 0.332 e. The maximum absolute atomic E-state index is 11.0. The molecule has 1 N–H and O–H groups in total. The Morgan fingerprint density at radius 2 is 2.22 bits per heavy atom. The lowest BCUT2D eigenvalue weighted by Gasteiger charge is -2.16. The lowest BCUT2D eigenvalue weighted by Crippen LogP contribution is -2.23. The molecule has 1 unspecified atom stereocenters. The Labute approximate surface area is 115 Å². The van der Waals surface area contributed by atoms with E-state index in [4.69, 9.17) is 11.6 Å². The standard InChI is InChI=1S/C10H15ClN4O2S/c1-4-7(5-18-3)13-9-8(15(16)17)6(2)12-10(11)14-9/h7H,4-5H2,1-3H3,(H,12,13,14). The Morgan fingerprint density at radius 3 is 2.72 bits per heavy atom. The van der Waals surface area contributed by atoms with Crippen LogP contribution in [-0.4, -0.2) is 32.9 Å². The van der Waals surface area contributed by atoms with Gasteiger partial charge in [-0.25, -0.2) is 4.98 Å². The summed E-state index contributed by atoms with van der Waals surface area (Å²) in [5, 5.41) is 14.1. The minimum Gasteiger partial charge on any atom is -0.361 e. The highest BCUT2D eigenvalue weighted by atomic mass is 35.5. The minimum atomic E-state index is -0.486. The maximum atomic E-state index is 11.0. The van der Waals surface area contributed by atoms with Crippen molar-refractivity contribution in [2.45, 2.75) is 26.3 Å². The van der Waals surface area contributed by atoms with Gasteiger partial charge in [-0.3, -0.25) is 10.1 Å². The van der Waals surface area contributed by atoms with Gasteiger partial charge in [-0.1, -0.05) is 6.92 Å². The van der Waals surface area contributed by atoms with Gasteiger partial charge in [0, 0.05) is 11.8 Å². The van der Waals surface area contributed by atoms with Crippen LogP contribution in [0.1, 0.15) is 19.0 Å². The molecule has 1 aromatic heterocycles. The third kappa shape index (κ3) is 3.71. The van der Waals surface area contributed by atoms with E-state index in [-0.39, 0.29) is 28.5 Å². The van der Waals surface area contributed by atoms with Gasteiger partial charge in [0.1, 0.15) is 5.69 Å². The van der Waals surface area contributed by atoms with Gasteiger partial charge in [0.25, 0.3) is 0 Å². The molecule has 0 spiro atoms. The number of thioether (sulfide) groups is 1. The fraction of sp³-hybridized carbons (Fsp3) is 0.600. The van der Waals surface area contributed by atoms with E-state index in [0.29, 0.717) is 0 Å². The second-order valence-electron chi connectivity index (χ2n) is 3.74. The normalized spacial score (nSPS) is 12.2. The van der Waals surface area contributed by atoms with E-state index in [9.17, 15) is 10.1 Å². The molecule has 0 radical (unpaired) electrons. The number of aryl methyl sites for hydroxylation is 1. The highest BCUT2D eigenvalue weighted by molar-refractivity contribution is 7.98. The molecule has 1 aromatic rings. The van der Waals surface area contributed by atoms with Crippen LogP contribution in [-0.2, 0) is 0 Å². The topological polar surface area (TPSA) is 81.0 Å². The molecule has 1 rings (SSSR count). The van der Waals surface area contributed by atoms with Crippen molar-refractivity contribution in [1.82, 2.24) is 9.97 Å². The highest BCUT2D eigenvalue weighted by Crippen LogP contribution is 2.27. The zero-order chi connectivity index (χ0) is 13.7. The molecule has 100 valence electrons. The Balaban J connectivity index is 3.09. The quantitative estimate of drug-likeness (QED) is 0.493. The van der Waals surface area contributed by atoms with Gasteiger partial charge in [-0.05, 0) is 31.2 Å². The first-order chi connectivity index (χ1) is 8.49. The summed E-state index contributed by atoms with van der Waals surface area (Å²) in [6, 6.07) is 0.115. The predicted octanol–water partition coefficient (Wildman–Crippen LogP) is 2.90. The summed E-state index contributed by atoms with van der Waals surface area (Å²) in [5.74, 6) is 1.03. The fourth-order valence-corrected chi connectivity index (χ4v) is 2.44.